The quantitative estimate of drug-likeness (QED) is 0.466. The molecule has 0 saturated carbocycles. The summed E-state index contributed by atoms with van der Waals surface area (Å²) in [4.78, 5) is 10.3. The second-order valence-electron chi connectivity index (χ2n) is 3.67. The molecule has 0 radical (unpaired) electrons. The molecular formula is C12H7ClFIN2O2. The Morgan fingerprint density at radius 1 is 1.21 bits per heavy atom. The molecule has 0 atom stereocenters. The summed E-state index contributed by atoms with van der Waals surface area (Å²) in [6.07, 6.45) is 0. The maximum absolute atomic E-state index is 13.2. The molecule has 0 saturated heterocycles. The monoisotopic (exact) mass is 392 g/mol. The van der Waals surface area contributed by atoms with E-state index in [1.807, 2.05) is 0 Å². The molecule has 98 valence electrons. The molecule has 0 heterocycles. The van der Waals surface area contributed by atoms with Crippen molar-refractivity contribution >= 4 is 51.3 Å². The van der Waals surface area contributed by atoms with Crippen LogP contribution in [-0.4, -0.2) is 4.92 Å². The maximum Gasteiger partial charge on any atom is 0.292 e. The molecule has 0 aliphatic carbocycles. The SMILES string of the molecule is O=[N+]([O-])c1ccc(F)cc1Nc1ccc(I)cc1Cl. The predicted molar refractivity (Wildman–Crippen MR) is 80.5 cm³/mol. The molecule has 19 heavy (non-hydrogen) atoms. The molecule has 2 rings (SSSR count). The van der Waals surface area contributed by atoms with Gasteiger partial charge in [-0.2, -0.15) is 0 Å². The van der Waals surface area contributed by atoms with Gasteiger partial charge in [-0.15, -0.1) is 0 Å². The molecule has 4 nitrogen and oxygen atoms in total. The number of rotatable bonds is 3. The molecule has 1 N–H and O–H groups in total. The zero-order valence-corrected chi connectivity index (χ0v) is 12.3. The molecule has 0 aromatic heterocycles. The van der Waals surface area contributed by atoms with Crippen LogP contribution in [0, 0.1) is 19.5 Å². The number of hydrogen-bond acceptors (Lipinski definition) is 3. The molecule has 0 aliphatic heterocycles. The molecule has 0 amide bonds. The minimum absolute atomic E-state index is 0.0631. The molecule has 0 unspecified atom stereocenters. The Hall–Kier alpha value is -1.41. The van der Waals surface area contributed by atoms with E-state index in [1.54, 1.807) is 18.2 Å². The van der Waals surface area contributed by atoms with E-state index in [0.29, 0.717) is 10.7 Å². The van der Waals surface area contributed by atoms with E-state index in [0.717, 1.165) is 21.8 Å². The van der Waals surface area contributed by atoms with Crippen molar-refractivity contribution in [3.05, 3.63) is 60.9 Å². The van der Waals surface area contributed by atoms with Gasteiger partial charge in [0.1, 0.15) is 11.5 Å². The topological polar surface area (TPSA) is 55.2 Å². The number of nitrogens with zero attached hydrogens (tertiary/aromatic N) is 1. The first-order valence-electron chi connectivity index (χ1n) is 5.13. The van der Waals surface area contributed by atoms with E-state index in [1.165, 1.54) is 0 Å². The van der Waals surface area contributed by atoms with Gasteiger partial charge in [-0.05, 0) is 46.9 Å². The van der Waals surface area contributed by atoms with Gasteiger partial charge in [0.2, 0.25) is 0 Å². The van der Waals surface area contributed by atoms with Crippen LogP contribution in [0.4, 0.5) is 21.5 Å². The van der Waals surface area contributed by atoms with Crippen LogP contribution >= 0.6 is 34.2 Å². The van der Waals surface area contributed by atoms with Crippen LogP contribution in [0.5, 0.6) is 0 Å². The highest BCUT2D eigenvalue weighted by Gasteiger charge is 2.15. The highest BCUT2D eigenvalue weighted by Crippen LogP contribution is 2.32. The van der Waals surface area contributed by atoms with Crippen molar-refractivity contribution in [1.82, 2.24) is 0 Å². The van der Waals surface area contributed by atoms with Gasteiger partial charge in [-0.1, -0.05) is 11.6 Å². The van der Waals surface area contributed by atoms with Gasteiger partial charge < -0.3 is 5.32 Å². The Labute approximate surface area is 126 Å². The number of nitro groups is 1. The summed E-state index contributed by atoms with van der Waals surface area (Å²) in [5.74, 6) is -0.560. The highest BCUT2D eigenvalue weighted by atomic mass is 127. The van der Waals surface area contributed by atoms with Crippen LogP contribution in [0.25, 0.3) is 0 Å². The molecule has 7 heteroatoms. The Balaban J connectivity index is 2.42. The Morgan fingerprint density at radius 2 is 1.95 bits per heavy atom. The van der Waals surface area contributed by atoms with Crippen molar-refractivity contribution in [3.8, 4) is 0 Å². The fourth-order valence-electron chi connectivity index (χ4n) is 1.50. The van der Waals surface area contributed by atoms with Crippen LogP contribution in [0.3, 0.4) is 0 Å². The molecule has 2 aromatic rings. The normalized spacial score (nSPS) is 10.3. The number of halogens is 3. The first-order valence-corrected chi connectivity index (χ1v) is 6.59. The summed E-state index contributed by atoms with van der Waals surface area (Å²) >= 11 is 8.12. The average molecular weight is 393 g/mol. The van der Waals surface area contributed by atoms with E-state index in [4.69, 9.17) is 11.6 Å². The van der Waals surface area contributed by atoms with Gasteiger partial charge in [0.05, 0.1) is 15.6 Å². The maximum atomic E-state index is 13.2. The molecular weight excluding hydrogens is 385 g/mol. The summed E-state index contributed by atoms with van der Waals surface area (Å²) in [5, 5.41) is 14.1. The summed E-state index contributed by atoms with van der Waals surface area (Å²) in [5.41, 5.74) is 0.333. The standard InChI is InChI=1S/C12H7ClFIN2O2/c13-9-6-8(15)2-3-10(9)16-11-5-7(14)1-4-12(11)17(18)19/h1-6,16H. The fraction of sp³-hybridized carbons (Fsp3) is 0. The molecule has 0 fully saturated rings. The fourth-order valence-corrected chi connectivity index (χ4v) is 2.41. The third-order valence-corrected chi connectivity index (χ3v) is 3.34. The summed E-state index contributed by atoms with van der Waals surface area (Å²) < 4.78 is 14.1. The van der Waals surface area contributed by atoms with Crippen molar-refractivity contribution in [2.45, 2.75) is 0 Å². The molecule has 0 bridgehead atoms. The number of nitrogens with one attached hydrogen (secondary N) is 1. The van der Waals surface area contributed by atoms with E-state index in [-0.39, 0.29) is 11.4 Å². The van der Waals surface area contributed by atoms with E-state index in [9.17, 15) is 14.5 Å². The number of benzene rings is 2. The number of hydrogen-bond donors (Lipinski definition) is 1. The lowest BCUT2D eigenvalue weighted by Gasteiger charge is -2.09. The van der Waals surface area contributed by atoms with E-state index in [2.05, 4.69) is 27.9 Å². The summed E-state index contributed by atoms with van der Waals surface area (Å²) in [6, 6.07) is 8.39. The first kappa shape index (κ1) is 14.0. The molecule has 2 aromatic carbocycles. The zero-order valence-electron chi connectivity index (χ0n) is 9.36. The Morgan fingerprint density at radius 3 is 2.58 bits per heavy atom. The summed E-state index contributed by atoms with van der Waals surface area (Å²) in [7, 11) is 0. The van der Waals surface area contributed by atoms with E-state index < -0.39 is 10.7 Å². The predicted octanol–water partition coefficient (Wildman–Crippen LogP) is 4.74. The minimum Gasteiger partial charge on any atom is -0.349 e. The van der Waals surface area contributed by atoms with Gasteiger partial charge >= 0.3 is 0 Å². The number of anilines is 2. The van der Waals surface area contributed by atoms with Crippen molar-refractivity contribution in [1.29, 1.82) is 0 Å². The van der Waals surface area contributed by atoms with Crippen molar-refractivity contribution < 1.29 is 9.31 Å². The van der Waals surface area contributed by atoms with Crippen molar-refractivity contribution in [2.75, 3.05) is 5.32 Å². The van der Waals surface area contributed by atoms with Crippen LogP contribution < -0.4 is 5.32 Å². The lowest BCUT2D eigenvalue weighted by atomic mass is 10.2. The van der Waals surface area contributed by atoms with Gasteiger partial charge in [0.15, 0.2) is 0 Å². The zero-order chi connectivity index (χ0) is 14.0. The van der Waals surface area contributed by atoms with Gasteiger partial charge in [-0.25, -0.2) is 4.39 Å². The largest absolute Gasteiger partial charge is 0.349 e. The van der Waals surface area contributed by atoms with Crippen LogP contribution in [0.1, 0.15) is 0 Å². The number of nitro benzene ring substituents is 1. The van der Waals surface area contributed by atoms with Gasteiger partial charge in [-0.3, -0.25) is 10.1 Å². The van der Waals surface area contributed by atoms with Crippen LogP contribution in [0.15, 0.2) is 36.4 Å². The van der Waals surface area contributed by atoms with Crippen LogP contribution in [0.2, 0.25) is 5.02 Å². The lowest BCUT2D eigenvalue weighted by Crippen LogP contribution is -1.98. The van der Waals surface area contributed by atoms with Crippen LogP contribution in [-0.2, 0) is 0 Å². The second-order valence-corrected chi connectivity index (χ2v) is 5.32. The first-order chi connectivity index (χ1) is 8.97. The van der Waals surface area contributed by atoms with Crippen molar-refractivity contribution in [3.63, 3.8) is 0 Å². The van der Waals surface area contributed by atoms with Crippen molar-refractivity contribution in [2.24, 2.45) is 0 Å². The molecule has 0 aliphatic rings. The lowest BCUT2D eigenvalue weighted by molar-refractivity contribution is -0.384. The summed E-state index contributed by atoms with van der Waals surface area (Å²) in [6.45, 7) is 0. The highest BCUT2D eigenvalue weighted by molar-refractivity contribution is 14.1. The smallest absolute Gasteiger partial charge is 0.292 e. The Bertz CT molecular complexity index is 652. The third kappa shape index (κ3) is 3.32. The minimum atomic E-state index is -0.581. The van der Waals surface area contributed by atoms with Gasteiger partial charge in [0, 0.05) is 15.7 Å². The molecule has 0 spiro atoms. The van der Waals surface area contributed by atoms with Gasteiger partial charge in [0.25, 0.3) is 5.69 Å². The second kappa shape index (κ2) is 5.70. The Kier molecular flexibility index (Phi) is 4.20. The third-order valence-electron chi connectivity index (χ3n) is 2.36. The van der Waals surface area contributed by atoms with E-state index >= 15 is 0 Å². The average Bonchev–Trinajstić information content (AvgIpc) is 2.32.